The lowest BCUT2D eigenvalue weighted by Gasteiger charge is -2.39. The topological polar surface area (TPSA) is 38.1 Å². The minimum absolute atomic E-state index is 0.296. The highest BCUT2D eigenvalue weighted by Gasteiger charge is 2.34. The van der Waals surface area contributed by atoms with Crippen molar-refractivity contribution in [2.45, 2.75) is 58.5 Å². The molecule has 0 bridgehead atoms. The lowest BCUT2D eigenvalue weighted by molar-refractivity contribution is -0.129. The van der Waals surface area contributed by atoms with E-state index in [1.807, 2.05) is 17.1 Å². The molecule has 2 heterocycles. The molecular formula is C15H25N3O. The van der Waals surface area contributed by atoms with Crippen LogP contribution in [-0.4, -0.2) is 39.1 Å². The van der Waals surface area contributed by atoms with Crippen molar-refractivity contribution in [3.63, 3.8) is 0 Å². The molecule has 4 heteroatoms. The van der Waals surface area contributed by atoms with Crippen LogP contribution in [0.15, 0.2) is 12.4 Å². The number of piperidine rings is 1. The standard InChI is InChI=1S/C15H25N3O/c1-4-18-12-13(11-16-18)10-14(19)15(2,3)17-8-6-5-7-9-17/h11-12H,4-10H2,1-3H3. The number of ketones is 1. The van der Waals surface area contributed by atoms with E-state index in [9.17, 15) is 4.79 Å². The molecule has 0 radical (unpaired) electrons. The molecule has 1 saturated heterocycles. The van der Waals surface area contributed by atoms with E-state index in [4.69, 9.17) is 0 Å². The third-order valence-corrected chi connectivity index (χ3v) is 4.20. The van der Waals surface area contributed by atoms with E-state index >= 15 is 0 Å². The Hall–Kier alpha value is -1.16. The maximum Gasteiger partial charge on any atom is 0.156 e. The first-order valence-corrected chi connectivity index (χ1v) is 7.33. The summed E-state index contributed by atoms with van der Waals surface area (Å²) in [5.74, 6) is 0.296. The quantitative estimate of drug-likeness (QED) is 0.818. The number of hydrogen-bond acceptors (Lipinski definition) is 3. The minimum atomic E-state index is -0.352. The molecule has 0 spiro atoms. The number of hydrogen-bond donors (Lipinski definition) is 0. The number of likely N-dealkylation sites (tertiary alicyclic amines) is 1. The second-order valence-electron chi connectivity index (χ2n) is 5.91. The molecule has 0 aromatic carbocycles. The fourth-order valence-electron chi connectivity index (χ4n) is 2.70. The van der Waals surface area contributed by atoms with Gasteiger partial charge < -0.3 is 0 Å². The lowest BCUT2D eigenvalue weighted by Crippen LogP contribution is -2.52. The Morgan fingerprint density at radius 3 is 2.58 bits per heavy atom. The van der Waals surface area contributed by atoms with Crippen LogP contribution in [0.4, 0.5) is 0 Å². The number of nitrogens with zero attached hydrogens (tertiary/aromatic N) is 3. The van der Waals surface area contributed by atoms with Crippen LogP contribution in [0.1, 0.15) is 45.6 Å². The van der Waals surface area contributed by atoms with Crippen LogP contribution < -0.4 is 0 Å². The van der Waals surface area contributed by atoms with Gasteiger partial charge in [0.25, 0.3) is 0 Å². The third-order valence-electron chi connectivity index (χ3n) is 4.20. The smallest absolute Gasteiger partial charge is 0.156 e. The Morgan fingerprint density at radius 2 is 2.00 bits per heavy atom. The number of Topliss-reactive ketones (excluding diaryl/α,β-unsaturated/α-hetero) is 1. The van der Waals surface area contributed by atoms with E-state index in [2.05, 4.69) is 30.8 Å². The van der Waals surface area contributed by atoms with Crippen molar-refractivity contribution in [2.75, 3.05) is 13.1 Å². The lowest BCUT2D eigenvalue weighted by atomic mass is 9.90. The molecule has 1 fully saturated rings. The molecule has 1 aromatic heterocycles. The molecule has 106 valence electrons. The number of rotatable bonds is 5. The average Bonchev–Trinajstić information content (AvgIpc) is 2.87. The summed E-state index contributed by atoms with van der Waals surface area (Å²) >= 11 is 0. The van der Waals surface area contributed by atoms with Gasteiger partial charge in [-0.3, -0.25) is 14.4 Å². The first-order chi connectivity index (χ1) is 9.04. The van der Waals surface area contributed by atoms with Crippen LogP contribution in [-0.2, 0) is 17.8 Å². The second kappa shape index (κ2) is 5.87. The Kier molecular flexibility index (Phi) is 4.40. The summed E-state index contributed by atoms with van der Waals surface area (Å²) in [7, 11) is 0. The van der Waals surface area contributed by atoms with E-state index < -0.39 is 0 Å². The fraction of sp³-hybridized carbons (Fsp3) is 0.733. The van der Waals surface area contributed by atoms with E-state index in [1.54, 1.807) is 0 Å². The molecule has 0 unspecified atom stereocenters. The Balaban J connectivity index is 2.00. The molecule has 19 heavy (non-hydrogen) atoms. The average molecular weight is 263 g/mol. The molecule has 0 amide bonds. The van der Waals surface area contributed by atoms with Gasteiger partial charge in [-0.2, -0.15) is 5.10 Å². The molecule has 2 rings (SSSR count). The summed E-state index contributed by atoms with van der Waals surface area (Å²) in [5, 5.41) is 4.23. The van der Waals surface area contributed by atoms with Gasteiger partial charge in [0.1, 0.15) is 0 Å². The van der Waals surface area contributed by atoms with Crippen molar-refractivity contribution in [1.82, 2.24) is 14.7 Å². The van der Waals surface area contributed by atoms with Gasteiger partial charge in [0.2, 0.25) is 0 Å². The molecule has 1 aliphatic heterocycles. The van der Waals surface area contributed by atoms with Crippen LogP contribution in [0, 0.1) is 0 Å². The molecule has 4 nitrogen and oxygen atoms in total. The number of aryl methyl sites for hydroxylation is 1. The molecular weight excluding hydrogens is 238 g/mol. The van der Waals surface area contributed by atoms with Crippen molar-refractivity contribution < 1.29 is 4.79 Å². The monoisotopic (exact) mass is 263 g/mol. The highest BCUT2D eigenvalue weighted by atomic mass is 16.1. The van der Waals surface area contributed by atoms with Gasteiger partial charge in [-0.15, -0.1) is 0 Å². The Morgan fingerprint density at radius 1 is 1.32 bits per heavy atom. The summed E-state index contributed by atoms with van der Waals surface area (Å²) in [4.78, 5) is 14.9. The molecule has 0 atom stereocenters. The molecule has 0 N–H and O–H groups in total. The first-order valence-electron chi connectivity index (χ1n) is 7.33. The van der Waals surface area contributed by atoms with Crippen molar-refractivity contribution in [3.05, 3.63) is 18.0 Å². The number of carbonyl (C=O) groups is 1. The van der Waals surface area contributed by atoms with Gasteiger partial charge in [0, 0.05) is 19.2 Å². The third kappa shape index (κ3) is 3.24. The van der Waals surface area contributed by atoms with E-state index in [0.29, 0.717) is 12.2 Å². The van der Waals surface area contributed by atoms with Crippen LogP contribution >= 0.6 is 0 Å². The van der Waals surface area contributed by atoms with Gasteiger partial charge in [0.05, 0.1) is 11.7 Å². The maximum absolute atomic E-state index is 12.6. The fourth-order valence-corrected chi connectivity index (χ4v) is 2.70. The van der Waals surface area contributed by atoms with Gasteiger partial charge in [-0.1, -0.05) is 6.42 Å². The van der Waals surface area contributed by atoms with Gasteiger partial charge in [-0.25, -0.2) is 0 Å². The number of aromatic nitrogens is 2. The minimum Gasteiger partial charge on any atom is -0.297 e. The summed E-state index contributed by atoms with van der Waals surface area (Å²) in [6.07, 6.45) is 8.00. The zero-order valence-electron chi connectivity index (χ0n) is 12.4. The van der Waals surface area contributed by atoms with Crippen LogP contribution in [0.25, 0.3) is 0 Å². The summed E-state index contributed by atoms with van der Waals surface area (Å²) in [6, 6.07) is 0. The SMILES string of the molecule is CCn1cc(CC(=O)C(C)(C)N2CCCCC2)cn1. The predicted octanol–water partition coefficient (Wildman–Crippen LogP) is 2.28. The maximum atomic E-state index is 12.6. The van der Waals surface area contributed by atoms with Gasteiger partial charge in [-0.05, 0) is 52.3 Å². The summed E-state index contributed by atoms with van der Waals surface area (Å²) < 4.78 is 1.87. The van der Waals surface area contributed by atoms with Gasteiger partial charge >= 0.3 is 0 Å². The Labute approximate surface area is 115 Å². The molecule has 1 aliphatic rings. The van der Waals surface area contributed by atoms with Crippen molar-refractivity contribution in [1.29, 1.82) is 0 Å². The van der Waals surface area contributed by atoms with E-state index in [-0.39, 0.29) is 5.54 Å². The zero-order valence-corrected chi connectivity index (χ0v) is 12.4. The first kappa shape index (κ1) is 14.3. The van der Waals surface area contributed by atoms with Crippen molar-refractivity contribution in [3.8, 4) is 0 Å². The molecule has 0 saturated carbocycles. The van der Waals surface area contributed by atoms with E-state index in [1.165, 1.54) is 19.3 Å². The van der Waals surface area contributed by atoms with Crippen molar-refractivity contribution in [2.24, 2.45) is 0 Å². The van der Waals surface area contributed by atoms with Crippen molar-refractivity contribution >= 4 is 5.78 Å². The highest BCUT2D eigenvalue weighted by molar-refractivity contribution is 5.89. The van der Waals surface area contributed by atoms with Crippen LogP contribution in [0.2, 0.25) is 0 Å². The predicted molar refractivity (Wildman–Crippen MR) is 76.1 cm³/mol. The Bertz CT molecular complexity index is 430. The second-order valence-corrected chi connectivity index (χ2v) is 5.91. The van der Waals surface area contributed by atoms with Crippen LogP contribution in [0.5, 0.6) is 0 Å². The molecule has 0 aliphatic carbocycles. The largest absolute Gasteiger partial charge is 0.297 e. The molecule has 1 aromatic rings. The van der Waals surface area contributed by atoms with Crippen LogP contribution in [0.3, 0.4) is 0 Å². The summed E-state index contributed by atoms with van der Waals surface area (Å²) in [6.45, 7) is 9.12. The normalized spacial score (nSPS) is 17.6. The highest BCUT2D eigenvalue weighted by Crippen LogP contribution is 2.22. The zero-order chi connectivity index (χ0) is 13.9. The number of carbonyl (C=O) groups excluding carboxylic acids is 1. The van der Waals surface area contributed by atoms with E-state index in [0.717, 1.165) is 25.2 Å². The summed E-state index contributed by atoms with van der Waals surface area (Å²) in [5.41, 5.74) is 0.672. The van der Waals surface area contributed by atoms with Gasteiger partial charge in [0.15, 0.2) is 5.78 Å².